The second-order valence-electron chi connectivity index (χ2n) is 7.24. The van der Waals surface area contributed by atoms with Gasteiger partial charge in [0.1, 0.15) is 0 Å². The van der Waals surface area contributed by atoms with Crippen LogP contribution in [0.25, 0.3) is 0 Å². The molecule has 0 atom stereocenters. The van der Waals surface area contributed by atoms with Gasteiger partial charge in [0.05, 0.1) is 5.41 Å². The molecule has 118 valence electrons. The number of anilines is 2. The number of carbonyl (C=O) groups excluding carboxylic acids is 1. The zero-order valence-electron chi connectivity index (χ0n) is 12.5. The topological polar surface area (TPSA) is 117 Å². The summed E-state index contributed by atoms with van der Waals surface area (Å²) in [6.07, 6.45) is 6.85. The van der Waals surface area contributed by atoms with E-state index in [1.54, 1.807) is 0 Å². The van der Waals surface area contributed by atoms with Gasteiger partial charge in [-0.25, -0.2) is 0 Å². The van der Waals surface area contributed by atoms with Gasteiger partial charge in [-0.3, -0.25) is 4.79 Å². The summed E-state index contributed by atoms with van der Waals surface area (Å²) in [4.78, 5) is 24.3. The summed E-state index contributed by atoms with van der Waals surface area (Å²) in [6, 6.07) is 0. The van der Waals surface area contributed by atoms with Gasteiger partial charge in [-0.1, -0.05) is 0 Å². The molecule has 4 N–H and O–H groups in total. The Kier molecular flexibility index (Phi) is 2.99. The van der Waals surface area contributed by atoms with Crippen LogP contribution in [0.2, 0.25) is 0 Å². The molecule has 7 heteroatoms. The molecule has 1 aromatic rings. The molecule has 4 fully saturated rings. The molecule has 4 saturated carbocycles. The SMILES string of the molecule is Nc1nc(N)nc(COC(=O)C23CC4CC(CC(C4)C2)C3)n1. The normalized spacial score (nSPS) is 35.5. The number of rotatable bonds is 3. The van der Waals surface area contributed by atoms with Gasteiger partial charge in [0.25, 0.3) is 0 Å². The number of carbonyl (C=O) groups is 1. The molecule has 0 spiro atoms. The number of hydrogen-bond acceptors (Lipinski definition) is 7. The Morgan fingerprint density at radius 2 is 1.50 bits per heavy atom. The Bertz CT molecular complexity index is 562. The highest BCUT2D eigenvalue weighted by atomic mass is 16.5. The van der Waals surface area contributed by atoms with Crippen molar-refractivity contribution in [2.75, 3.05) is 11.5 Å². The third-order valence-electron chi connectivity index (χ3n) is 5.52. The van der Waals surface area contributed by atoms with E-state index in [4.69, 9.17) is 16.2 Å². The minimum atomic E-state index is -0.265. The van der Waals surface area contributed by atoms with E-state index in [1.165, 1.54) is 19.3 Å². The van der Waals surface area contributed by atoms with Gasteiger partial charge in [-0.2, -0.15) is 15.0 Å². The molecular weight excluding hydrogens is 282 g/mol. The van der Waals surface area contributed by atoms with Crippen molar-refractivity contribution in [1.29, 1.82) is 0 Å². The van der Waals surface area contributed by atoms with Crippen LogP contribution < -0.4 is 11.5 Å². The molecule has 1 aromatic heterocycles. The standard InChI is InChI=1S/C15H21N5O2/c16-13-18-11(19-14(17)20-13)7-22-12(21)15-4-8-1-9(5-15)3-10(2-8)6-15/h8-10H,1-7H2,(H4,16,17,18,19,20). The molecule has 5 rings (SSSR count). The summed E-state index contributed by atoms with van der Waals surface area (Å²) in [6.45, 7) is 0.0114. The number of nitrogens with two attached hydrogens (primary N) is 2. The van der Waals surface area contributed by atoms with Crippen molar-refractivity contribution in [2.24, 2.45) is 23.2 Å². The first-order valence-corrected chi connectivity index (χ1v) is 7.95. The lowest BCUT2D eigenvalue weighted by Crippen LogP contribution is -2.50. The summed E-state index contributed by atoms with van der Waals surface area (Å²) in [5.74, 6) is 2.45. The number of hydrogen-bond donors (Lipinski definition) is 2. The van der Waals surface area contributed by atoms with Crippen molar-refractivity contribution in [1.82, 2.24) is 15.0 Å². The summed E-state index contributed by atoms with van der Waals surface area (Å²) >= 11 is 0. The van der Waals surface area contributed by atoms with Crippen molar-refractivity contribution < 1.29 is 9.53 Å². The Labute approximate surface area is 128 Å². The summed E-state index contributed by atoms with van der Waals surface area (Å²) in [7, 11) is 0. The second kappa shape index (κ2) is 4.79. The van der Waals surface area contributed by atoms with Gasteiger partial charge in [-0.05, 0) is 56.3 Å². The molecule has 4 aliphatic rings. The third kappa shape index (κ3) is 2.28. The molecule has 7 nitrogen and oxygen atoms in total. The Balaban J connectivity index is 1.46. The highest BCUT2D eigenvalue weighted by molar-refractivity contribution is 5.77. The van der Waals surface area contributed by atoms with E-state index in [9.17, 15) is 4.79 Å². The van der Waals surface area contributed by atoms with Gasteiger partial charge >= 0.3 is 5.97 Å². The molecule has 1 heterocycles. The minimum Gasteiger partial charge on any atom is -0.457 e. The van der Waals surface area contributed by atoms with Gasteiger partial charge in [-0.15, -0.1) is 0 Å². The van der Waals surface area contributed by atoms with Crippen molar-refractivity contribution in [3.63, 3.8) is 0 Å². The zero-order valence-corrected chi connectivity index (χ0v) is 12.5. The van der Waals surface area contributed by atoms with E-state index in [2.05, 4.69) is 15.0 Å². The monoisotopic (exact) mass is 303 g/mol. The van der Waals surface area contributed by atoms with E-state index in [1.807, 2.05) is 0 Å². The molecule has 0 aromatic carbocycles. The average molecular weight is 303 g/mol. The summed E-state index contributed by atoms with van der Waals surface area (Å²) < 4.78 is 5.52. The van der Waals surface area contributed by atoms with Crippen LogP contribution in [0.1, 0.15) is 44.3 Å². The van der Waals surface area contributed by atoms with E-state index >= 15 is 0 Å². The van der Waals surface area contributed by atoms with E-state index < -0.39 is 0 Å². The quantitative estimate of drug-likeness (QED) is 0.808. The largest absolute Gasteiger partial charge is 0.457 e. The Morgan fingerprint density at radius 3 is 2.00 bits per heavy atom. The number of esters is 1. The van der Waals surface area contributed by atoms with Crippen LogP contribution >= 0.6 is 0 Å². The van der Waals surface area contributed by atoms with E-state index in [-0.39, 0.29) is 29.9 Å². The van der Waals surface area contributed by atoms with Crippen molar-refractivity contribution in [3.8, 4) is 0 Å². The first-order valence-electron chi connectivity index (χ1n) is 7.95. The van der Waals surface area contributed by atoms with Crippen molar-refractivity contribution >= 4 is 17.9 Å². The zero-order chi connectivity index (χ0) is 15.3. The Morgan fingerprint density at radius 1 is 1.00 bits per heavy atom. The Hall–Kier alpha value is -1.92. The fraction of sp³-hybridized carbons (Fsp3) is 0.733. The first-order chi connectivity index (χ1) is 10.5. The second-order valence-corrected chi connectivity index (χ2v) is 7.24. The van der Waals surface area contributed by atoms with E-state index in [0.717, 1.165) is 19.3 Å². The molecule has 22 heavy (non-hydrogen) atoms. The van der Waals surface area contributed by atoms with Crippen LogP contribution in [0.3, 0.4) is 0 Å². The lowest BCUT2D eigenvalue weighted by atomic mass is 9.49. The van der Waals surface area contributed by atoms with Crippen molar-refractivity contribution in [3.05, 3.63) is 5.82 Å². The van der Waals surface area contributed by atoms with Crippen molar-refractivity contribution in [2.45, 2.75) is 45.1 Å². The maximum atomic E-state index is 12.7. The maximum Gasteiger partial charge on any atom is 0.312 e. The molecule has 4 bridgehead atoms. The van der Waals surface area contributed by atoms with Gasteiger partial charge in [0.2, 0.25) is 11.9 Å². The fourth-order valence-corrected chi connectivity index (χ4v) is 5.17. The van der Waals surface area contributed by atoms with Gasteiger partial charge in [0, 0.05) is 0 Å². The highest BCUT2D eigenvalue weighted by Crippen LogP contribution is 2.60. The van der Waals surface area contributed by atoms with Crippen LogP contribution in [0.5, 0.6) is 0 Å². The minimum absolute atomic E-state index is 0.0114. The third-order valence-corrected chi connectivity index (χ3v) is 5.52. The summed E-state index contributed by atoms with van der Waals surface area (Å²) in [5, 5.41) is 0. The maximum absolute atomic E-state index is 12.7. The number of aromatic nitrogens is 3. The number of nitrogen functional groups attached to an aromatic ring is 2. The molecule has 0 amide bonds. The van der Waals surface area contributed by atoms with Crippen LogP contribution in [-0.4, -0.2) is 20.9 Å². The van der Waals surface area contributed by atoms with Crippen LogP contribution in [0, 0.1) is 23.2 Å². The van der Waals surface area contributed by atoms with Gasteiger partial charge in [0.15, 0.2) is 12.4 Å². The predicted octanol–water partition coefficient (Wildman–Crippen LogP) is 1.30. The smallest absolute Gasteiger partial charge is 0.312 e. The fourth-order valence-electron chi connectivity index (χ4n) is 5.17. The predicted molar refractivity (Wildman–Crippen MR) is 79.1 cm³/mol. The molecule has 4 aliphatic carbocycles. The molecular formula is C15H21N5O2. The summed E-state index contributed by atoms with van der Waals surface area (Å²) in [5.41, 5.74) is 10.8. The highest BCUT2D eigenvalue weighted by Gasteiger charge is 2.55. The van der Waals surface area contributed by atoms with Crippen LogP contribution in [0.4, 0.5) is 11.9 Å². The average Bonchev–Trinajstić information content (AvgIpc) is 2.42. The lowest BCUT2D eigenvalue weighted by molar-refractivity contribution is -0.173. The molecule has 0 saturated heterocycles. The molecule has 0 aliphatic heterocycles. The van der Waals surface area contributed by atoms with Gasteiger partial charge < -0.3 is 16.2 Å². The van der Waals surface area contributed by atoms with Crippen LogP contribution in [-0.2, 0) is 16.1 Å². The molecule has 0 radical (unpaired) electrons. The number of nitrogens with zero attached hydrogens (tertiary/aromatic N) is 3. The van der Waals surface area contributed by atoms with E-state index in [0.29, 0.717) is 23.6 Å². The molecule has 0 unspecified atom stereocenters. The lowest BCUT2D eigenvalue weighted by Gasteiger charge is -2.55. The van der Waals surface area contributed by atoms with Crippen LogP contribution in [0.15, 0.2) is 0 Å². The first kappa shape index (κ1) is 13.7. The number of ether oxygens (including phenoxy) is 1.